The van der Waals surface area contributed by atoms with Gasteiger partial charge < -0.3 is 5.11 Å². The molecule has 0 bridgehead atoms. The number of aromatic nitrogens is 1. The lowest BCUT2D eigenvalue weighted by Gasteiger charge is -2.05. The van der Waals surface area contributed by atoms with Gasteiger partial charge in [0, 0.05) is 30.3 Å². The van der Waals surface area contributed by atoms with Gasteiger partial charge in [-0.3, -0.25) is 9.78 Å². The number of ketones is 1. The van der Waals surface area contributed by atoms with Crippen LogP contribution in [0.2, 0.25) is 0 Å². The van der Waals surface area contributed by atoms with E-state index in [1.807, 2.05) is 31.2 Å². The first-order valence-corrected chi connectivity index (χ1v) is 5.85. The van der Waals surface area contributed by atoms with E-state index in [1.54, 1.807) is 18.3 Å². The smallest absolute Gasteiger partial charge is 0.143 e. The summed E-state index contributed by atoms with van der Waals surface area (Å²) in [4.78, 5) is 16.0. The van der Waals surface area contributed by atoms with Crippen LogP contribution in [0, 0.1) is 6.92 Å². The molecule has 1 N–H and O–H groups in total. The number of phenols is 1. The fourth-order valence-corrected chi connectivity index (χ4v) is 1.80. The molecule has 3 heteroatoms. The Balaban J connectivity index is 2.03. The number of pyridine rings is 1. The molecule has 18 heavy (non-hydrogen) atoms. The summed E-state index contributed by atoms with van der Waals surface area (Å²) in [5.74, 6) is 0.234. The number of aromatic hydroxyl groups is 1. The minimum absolute atomic E-state index is 0.0489. The highest BCUT2D eigenvalue weighted by Crippen LogP contribution is 2.19. The molecule has 0 saturated carbocycles. The van der Waals surface area contributed by atoms with Crippen LogP contribution in [-0.4, -0.2) is 15.9 Å². The van der Waals surface area contributed by atoms with Gasteiger partial charge in [-0.1, -0.05) is 18.2 Å². The van der Waals surface area contributed by atoms with E-state index >= 15 is 0 Å². The summed E-state index contributed by atoms with van der Waals surface area (Å²) < 4.78 is 0. The van der Waals surface area contributed by atoms with E-state index in [9.17, 15) is 9.90 Å². The van der Waals surface area contributed by atoms with Crippen LogP contribution in [0.25, 0.3) is 0 Å². The highest BCUT2D eigenvalue weighted by atomic mass is 16.3. The molecule has 0 aliphatic carbocycles. The first-order chi connectivity index (χ1) is 8.65. The molecule has 1 aromatic carbocycles. The summed E-state index contributed by atoms with van der Waals surface area (Å²) in [5.41, 5.74) is 2.41. The number of rotatable bonds is 4. The molecule has 0 aliphatic heterocycles. The van der Waals surface area contributed by atoms with Crippen molar-refractivity contribution in [3.05, 3.63) is 59.4 Å². The van der Waals surface area contributed by atoms with Crippen molar-refractivity contribution in [2.24, 2.45) is 0 Å². The van der Waals surface area contributed by atoms with Gasteiger partial charge in [0.2, 0.25) is 0 Å². The van der Waals surface area contributed by atoms with E-state index in [1.165, 1.54) is 0 Å². The molecule has 0 fully saturated rings. The maximum absolute atomic E-state index is 11.9. The molecule has 0 amide bonds. The standard InChI is InChI=1S/C15H15NO2/c1-11-5-6-12(15(18)8-11)9-14(17)10-13-4-2-3-7-16-13/h2-8,18H,9-10H2,1H3. The van der Waals surface area contributed by atoms with Crippen molar-refractivity contribution in [2.45, 2.75) is 19.8 Å². The number of carbonyl (C=O) groups excluding carboxylic acids is 1. The minimum Gasteiger partial charge on any atom is -0.508 e. The second-order valence-electron chi connectivity index (χ2n) is 4.35. The zero-order valence-electron chi connectivity index (χ0n) is 10.3. The predicted octanol–water partition coefficient (Wildman–Crippen LogP) is 2.45. The molecule has 0 unspecified atom stereocenters. The first-order valence-electron chi connectivity index (χ1n) is 5.85. The van der Waals surface area contributed by atoms with Crippen LogP contribution in [0.15, 0.2) is 42.6 Å². The van der Waals surface area contributed by atoms with Crippen LogP contribution >= 0.6 is 0 Å². The summed E-state index contributed by atoms with van der Waals surface area (Å²) in [5, 5.41) is 9.74. The van der Waals surface area contributed by atoms with Crippen molar-refractivity contribution in [2.75, 3.05) is 0 Å². The van der Waals surface area contributed by atoms with Crippen LogP contribution in [0.5, 0.6) is 5.75 Å². The van der Waals surface area contributed by atoms with Gasteiger partial charge in [-0.15, -0.1) is 0 Å². The Morgan fingerprint density at radius 2 is 2.06 bits per heavy atom. The molecule has 0 radical (unpaired) electrons. The molecule has 2 rings (SSSR count). The van der Waals surface area contributed by atoms with E-state index < -0.39 is 0 Å². The number of phenolic OH excluding ortho intramolecular Hbond substituents is 1. The van der Waals surface area contributed by atoms with Gasteiger partial charge in [0.25, 0.3) is 0 Å². The van der Waals surface area contributed by atoms with Gasteiger partial charge in [0.15, 0.2) is 0 Å². The van der Waals surface area contributed by atoms with E-state index in [2.05, 4.69) is 4.98 Å². The third-order valence-corrected chi connectivity index (χ3v) is 2.73. The third-order valence-electron chi connectivity index (χ3n) is 2.73. The van der Waals surface area contributed by atoms with Crippen molar-refractivity contribution in [3.63, 3.8) is 0 Å². The molecular weight excluding hydrogens is 226 g/mol. The summed E-state index contributed by atoms with van der Waals surface area (Å²) in [7, 11) is 0. The number of hydrogen-bond donors (Lipinski definition) is 1. The Labute approximate surface area is 106 Å². The molecule has 0 spiro atoms. The third kappa shape index (κ3) is 3.17. The Bertz CT molecular complexity index is 550. The number of Topliss-reactive ketones (excluding diaryl/α,β-unsaturated/α-hetero) is 1. The summed E-state index contributed by atoms with van der Waals surface area (Å²) in [6, 6.07) is 10.9. The molecule has 2 aromatic rings. The molecule has 0 aliphatic rings. The van der Waals surface area contributed by atoms with Crippen molar-refractivity contribution in [1.82, 2.24) is 4.98 Å². The fraction of sp³-hybridized carbons (Fsp3) is 0.200. The Hall–Kier alpha value is -2.16. The lowest BCUT2D eigenvalue weighted by Crippen LogP contribution is -2.07. The number of benzene rings is 1. The molecular formula is C15H15NO2. The van der Waals surface area contributed by atoms with E-state index in [0.717, 1.165) is 11.3 Å². The topological polar surface area (TPSA) is 50.2 Å². The number of nitrogens with zero attached hydrogens (tertiary/aromatic N) is 1. The zero-order chi connectivity index (χ0) is 13.0. The maximum atomic E-state index is 11.9. The monoisotopic (exact) mass is 241 g/mol. The number of hydrogen-bond acceptors (Lipinski definition) is 3. The van der Waals surface area contributed by atoms with Crippen molar-refractivity contribution in [3.8, 4) is 5.75 Å². The van der Waals surface area contributed by atoms with Crippen LogP contribution in [-0.2, 0) is 17.6 Å². The Morgan fingerprint density at radius 3 is 2.72 bits per heavy atom. The van der Waals surface area contributed by atoms with Crippen molar-refractivity contribution in [1.29, 1.82) is 0 Å². The van der Waals surface area contributed by atoms with Gasteiger partial charge in [-0.05, 0) is 30.7 Å². The maximum Gasteiger partial charge on any atom is 0.143 e. The van der Waals surface area contributed by atoms with Gasteiger partial charge >= 0.3 is 0 Å². The summed E-state index contributed by atoms with van der Waals surface area (Å²) in [6.45, 7) is 1.90. The van der Waals surface area contributed by atoms with E-state index in [4.69, 9.17) is 0 Å². The van der Waals surface area contributed by atoms with Gasteiger partial charge in [0.1, 0.15) is 11.5 Å². The van der Waals surface area contributed by atoms with Crippen LogP contribution < -0.4 is 0 Å². The predicted molar refractivity (Wildman–Crippen MR) is 69.5 cm³/mol. The van der Waals surface area contributed by atoms with Crippen LogP contribution in [0.4, 0.5) is 0 Å². The normalized spacial score (nSPS) is 10.3. The summed E-state index contributed by atoms with van der Waals surface area (Å²) in [6.07, 6.45) is 2.21. The highest BCUT2D eigenvalue weighted by Gasteiger charge is 2.09. The first kappa shape index (κ1) is 12.3. The highest BCUT2D eigenvalue weighted by molar-refractivity contribution is 5.83. The Morgan fingerprint density at radius 1 is 1.22 bits per heavy atom. The van der Waals surface area contributed by atoms with E-state index in [0.29, 0.717) is 12.0 Å². The lowest BCUT2D eigenvalue weighted by molar-refractivity contribution is -0.117. The second kappa shape index (κ2) is 5.45. The minimum atomic E-state index is 0.0489. The van der Waals surface area contributed by atoms with Gasteiger partial charge in [0.05, 0.1) is 0 Å². The molecule has 1 heterocycles. The SMILES string of the molecule is Cc1ccc(CC(=O)Cc2ccccn2)c(O)c1. The average Bonchev–Trinajstić information content (AvgIpc) is 2.34. The summed E-state index contributed by atoms with van der Waals surface area (Å²) >= 11 is 0. The van der Waals surface area contributed by atoms with Gasteiger partial charge in [-0.25, -0.2) is 0 Å². The van der Waals surface area contributed by atoms with Crippen molar-refractivity contribution >= 4 is 5.78 Å². The van der Waals surface area contributed by atoms with Crippen molar-refractivity contribution < 1.29 is 9.90 Å². The van der Waals surface area contributed by atoms with E-state index in [-0.39, 0.29) is 18.0 Å². The average molecular weight is 241 g/mol. The second-order valence-corrected chi connectivity index (χ2v) is 4.35. The fourth-order valence-electron chi connectivity index (χ4n) is 1.80. The molecule has 3 nitrogen and oxygen atoms in total. The molecule has 0 atom stereocenters. The van der Waals surface area contributed by atoms with Crippen LogP contribution in [0.3, 0.4) is 0 Å². The largest absolute Gasteiger partial charge is 0.508 e. The number of carbonyl (C=O) groups is 1. The lowest BCUT2D eigenvalue weighted by atomic mass is 10.0. The number of aryl methyl sites for hydroxylation is 1. The molecule has 1 aromatic heterocycles. The zero-order valence-corrected chi connectivity index (χ0v) is 10.3. The molecule has 92 valence electrons. The quantitative estimate of drug-likeness (QED) is 0.894. The van der Waals surface area contributed by atoms with Gasteiger partial charge in [-0.2, -0.15) is 0 Å². The Kier molecular flexibility index (Phi) is 3.72. The molecule has 0 saturated heterocycles. The van der Waals surface area contributed by atoms with Crippen LogP contribution in [0.1, 0.15) is 16.8 Å².